The third kappa shape index (κ3) is 61.8. The van der Waals surface area contributed by atoms with Crippen LogP contribution in [0.5, 0.6) is 0 Å². The molecule has 0 aliphatic carbocycles. The van der Waals surface area contributed by atoms with E-state index in [9.17, 15) is 14.4 Å². The highest BCUT2D eigenvalue weighted by Gasteiger charge is 2.19. The van der Waals surface area contributed by atoms with Gasteiger partial charge in [-0.1, -0.05) is 319 Å². The van der Waals surface area contributed by atoms with Crippen LogP contribution in [0.15, 0.2) is 60.8 Å². The number of esters is 3. The summed E-state index contributed by atoms with van der Waals surface area (Å²) in [6.07, 6.45) is 81.4. The summed E-state index contributed by atoms with van der Waals surface area (Å²) in [5.41, 5.74) is 0. The Labute approximate surface area is 466 Å². The molecule has 1 unspecified atom stereocenters. The zero-order valence-corrected chi connectivity index (χ0v) is 50.1. The minimum absolute atomic E-state index is 0.0754. The molecule has 0 fully saturated rings. The van der Waals surface area contributed by atoms with Crippen LogP contribution in [0.3, 0.4) is 0 Å². The molecule has 0 amide bonds. The van der Waals surface area contributed by atoms with Crippen LogP contribution in [-0.4, -0.2) is 37.2 Å². The first kappa shape index (κ1) is 72.1. The van der Waals surface area contributed by atoms with Gasteiger partial charge in [0.15, 0.2) is 6.10 Å². The van der Waals surface area contributed by atoms with Crippen LogP contribution >= 0.6 is 0 Å². The Bertz CT molecular complexity index is 1340. The fourth-order valence-electron chi connectivity index (χ4n) is 9.65. The van der Waals surface area contributed by atoms with Gasteiger partial charge in [0.1, 0.15) is 13.2 Å². The number of rotatable bonds is 60. The second-order valence-corrected chi connectivity index (χ2v) is 22.0. The van der Waals surface area contributed by atoms with Crippen LogP contribution in [0.25, 0.3) is 0 Å². The Morgan fingerprint density at radius 2 is 0.520 bits per heavy atom. The molecule has 0 radical (unpaired) electrons. The van der Waals surface area contributed by atoms with E-state index < -0.39 is 6.10 Å². The third-order valence-corrected chi connectivity index (χ3v) is 14.5. The molecule has 0 rings (SSSR count). The van der Waals surface area contributed by atoms with Gasteiger partial charge in [-0.3, -0.25) is 14.4 Å². The predicted molar refractivity (Wildman–Crippen MR) is 325 cm³/mol. The van der Waals surface area contributed by atoms with Crippen molar-refractivity contribution in [1.29, 1.82) is 0 Å². The van der Waals surface area contributed by atoms with Gasteiger partial charge in [-0.15, -0.1) is 0 Å². The zero-order valence-electron chi connectivity index (χ0n) is 50.1. The second-order valence-electron chi connectivity index (χ2n) is 22.0. The number of hydrogen-bond acceptors (Lipinski definition) is 6. The molecule has 0 aromatic heterocycles. The van der Waals surface area contributed by atoms with E-state index in [1.54, 1.807) is 0 Å². The van der Waals surface area contributed by atoms with Crippen molar-refractivity contribution in [2.75, 3.05) is 13.2 Å². The molecule has 0 N–H and O–H groups in total. The van der Waals surface area contributed by atoms with Gasteiger partial charge in [0, 0.05) is 19.3 Å². The van der Waals surface area contributed by atoms with E-state index in [0.717, 1.165) is 96.3 Å². The van der Waals surface area contributed by atoms with E-state index in [-0.39, 0.29) is 31.1 Å². The van der Waals surface area contributed by atoms with Gasteiger partial charge in [0.05, 0.1) is 0 Å². The van der Waals surface area contributed by atoms with Gasteiger partial charge in [-0.2, -0.15) is 0 Å². The molecule has 0 bridgehead atoms. The highest BCUT2D eigenvalue weighted by atomic mass is 16.6. The van der Waals surface area contributed by atoms with Crippen molar-refractivity contribution < 1.29 is 28.6 Å². The van der Waals surface area contributed by atoms with Crippen molar-refractivity contribution in [2.45, 2.75) is 348 Å². The number of allylic oxidation sites excluding steroid dienone is 10. The average Bonchev–Trinajstić information content (AvgIpc) is 3.41. The van der Waals surface area contributed by atoms with E-state index in [4.69, 9.17) is 14.2 Å². The number of carbonyl (C=O) groups is 3. The molecule has 6 heteroatoms. The smallest absolute Gasteiger partial charge is 0.306 e. The number of ether oxygens (including phenoxy) is 3. The Balaban J connectivity index is 4.04. The fraction of sp³-hybridized carbons (Fsp3) is 0.812. The van der Waals surface area contributed by atoms with Crippen LogP contribution in [-0.2, 0) is 28.6 Å². The standard InChI is InChI=1S/C69H124O6/c1-4-7-10-13-16-18-20-22-24-26-28-30-32-33-34-35-36-38-39-41-43-45-47-49-51-53-56-59-62-68(71)74-65-66(64-73-67(70)61-58-55-15-12-9-6-3)75-69(72)63-60-57-54-52-50-48-46-44-42-40-37-31-29-27-25-23-21-19-17-14-11-8-5-2/h8,11,17,19,23,25,29,31,40,42,66H,4-7,9-10,12-16,18,20-22,24,26-28,30,32-39,41,43-65H2,1-3H3/b11-8-,19-17-,25-23-,31-29-,42-40-. The SMILES string of the molecule is CC/C=C\C/C=C\C/C=C\C/C=C\C/C=C\CCCCCCCCCC(=O)OC(COC(=O)CCCCCCCC)COC(=O)CCCCCCCCCCCCCCCCCCCCCCCCCCCCCC. The van der Waals surface area contributed by atoms with E-state index in [1.165, 1.54) is 205 Å². The lowest BCUT2D eigenvalue weighted by molar-refractivity contribution is -0.167. The molecule has 75 heavy (non-hydrogen) atoms. The summed E-state index contributed by atoms with van der Waals surface area (Å²) in [6.45, 7) is 6.50. The summed E-state index contributed by atoms with van der Waals surface area (Å²) >= 11 is 0. The van der Waals surface area contributed by atoms with Gasteiger partial charge >= 0.3 is 17.9 Å². The number of unbranched alkanes of at least 4 members (excludes halogenated alkanes) is 39. The molecule has 0 saturated heterocycles. The minimum atomic E-state index is -0.776. The van der Waals surface area contributed by atoms with Crippen LogP contribution in [0.1, 0.15) is 342 Å². The fourth-order valence-corrected chi connectivity index (χ4v) is 9.65. The second kappa shape index (κ2) is 63.6. The van der Waals surface area contributed by atoms with Crippen molar-refractivity contribution in [3.8, 4) is 0 Å². The summed E-state index contributed by atoms with van der Waals surface area (Å²) < 4.78 is 16.8. The zero-order chi connectivity index (χ0) is 54.3. The molecule has 0 aromatic rings. The quantitative estimate of drug-likeness (QED) is 0.0261. The molecule has 0 saturated carbocycles. The van der Waals surface area contributed by atoms with Crippen molar-refractivity contribution >= 4 is 17.9 Å². The molecule has 436 valence electrons. The van der Waals surface area contributed by atoms with E-state index in [2.05, 4.69) is 81.5 Å². The van der Waals surface area contributed by atoms with Gasteiger partial charge in [0.2, 0.25) is 0 Å². The van der Waals surface area contributed by atoms with Crippen molar-refractivity contribution in [3.05, 3.63) is 60.8 Å². The summed E-state index contributed by atoms with van der Waals surface area (Å²) in [4.78, 5) is 38.0. The average molecular weight is 1050 g/mol. The Kier molecular flexibility index (Phi) is 61.2. The maximum atomic E-state index is 12.8. The van der Waals surface area contributed by atoms with Crippen molar-refractivity contribution in [1.82, 2.24) is 0 Å². The minimum Gasteiger partial charge on any atom is -0.462 e. The third-order valence-electron chi connectivity index (χ3n) is 14.5. The van der Waals surface area contributed by atoms with E-state index in [1.807, 2.05) is 0 Å². The Morgan fingerprint density at radius 3 is 0.813 bits per heavy atom. The summed E-state index contributed by atoms with van der Waals surface area (Å²) in [7, 11) is 0. The monoisotopic (exact) mass is 1050 g/mol. The molecule has 0 aliphatic rings. The summed E-state index contributed by atoms with van der Waals surface area (Å²) in [5, 5.41) is 0. The number of hydrogen-bond donors (Lipinski definition) is 0. The first-order valence-electron chi connectivity index (χ1n) is 32.8. The normalized spacial score (nSPS) is 12.4. The van der Waals surface area contributed by atoms with Gasteiger partial charge in [-0.05, 0) is 64.2 Å². The lowest BCUT2D eigenvalue weighted by atomic mass is 10.0. The van der Waals surface area contributed by atoms with E-state index in [0.29, 0.717) is 19.3 Å². The van der Waals surface area contributed by atoms with Gasteiger partial charge in [0.25, 0.3) is 0 Å². The molecular formula is C69H124O6. The van der Waals surface area contributed by atoms with Crippen LogP contribution in [0.4, 0.5) is 0 Å². The topological polar surface area (TPSA) is 78.9 Å². The molecule has 0 heterocycles. The number of carbonyl (C=O) groups excluding carboxylic acids is 3. The van der Waals surface area contributed by atoms with Crippen molar-refractivity contribution in [2.24, 2.45) is 0 Å². The maximum Gasteiger partial charge on any atom is 0.306 e. The van der Waals surface area contributed by atoms with Crippen LogP contribution in [0.2, 0.25) is 0 Å². The lowest BCUT2D eigenvalue weighted by Crippen LogP contribution is -2.30. The Hall–Kier alpha value is -2.89. The highest BCUT2D eigenvalue weighted by molar-refractivity contribution is 5.71. The highest BCUT2D eigenvalue weighted by Crippen LogP contribution is 2.18. The summed E-state index contributed by atoms with van der Waals surface area (Å²) in [6, 6.07) is 0. The molecule has 0 spiro atoms. The van der Waals surface area contributed by atoms with E-state index >= 15 is 0 Å². The van der Waals surface area contributed by atoms with Gasteiger partial charge < -0.3 is 14.2 Å². The summed E-state index contributed by atoms with van der Waals surface area (Å²) in [5.74, 6) is -0.880. The maximum absolute atomic E-state index is 12.8. The molecule has 0 aromatic carbocycles. The Morgan fingerprint density at radius 1 is 0.280 bits per heavy atom. The van der Waals surface area contributed by atoms with Crippen LogP contribution < -0.4 is 0 Å². The largest absolute Gasteiger partial charge is 0.462 e. The van der Waals surface area contributed by atoms with Crippen LogP contribution in [0, 0.1) is 0 Å². The molecule has 6 nitrogen and oxygen atoms in total. The molecular weight excluding hydrogens is 925 g/mol. The predicted octanol–water partition coefficient (Wildman–Crippen LogP) is 22.3. The first-order chi connectivity index (χ1) is 37.0. The first-order valence-corrected chi connectivity index (χ1v) is 32.8. The molecule has 1 atom stereocenters. The molecule has 0 aliphatic heterocycles. The van der Waals surface area contributed by atoms with Crippen molar-refractivity contribution in [3.63, 3.8) is 0 Å². The van der Waals surface area contributed by atoms with Gasteiger partial charge in [-0.25, -0.2) is 0 Å². The lowest BCUT2D eigenvalue weighted by Gasteiger charge is -2.18.